The van der Waals surface area contributed by atoms with Crippen LogP contribution in [-0.2, 0) is 4.79 Å². The first kappa shape index (κ1) is 20.1. The predicted octanol–water partition coefficient (Wildman–Crippen LogP) is 2.75. The summed E-state index contributed by atoms with van der Waals surface area (Å²) >= 11 is 0. The van der Waals surface area contributed by atoms with Gasteiger partial charge in [0.2, 0.25) is 5.91 Å². The molecule has 0 bridgehead atoms. The molecule has 1 fully saturated rings. The minimum Gasteiger partial charge on any atom is -0.494 e. The number of aliphatic imine (C=N–C) groups is 1. The summed E-state index contributed by atoms with van der Waals surface area (Å²) in [5.41, 5.74) is 6.90. The third kappa shape index (κ3) is 6.94. The van der Waals surface area contributed by atoms with Gasteiger partial charge in [-0.3, -0.25) is 9.79 Å². The second kappa shape index (κ2) is 10.7. The maximum Gasteiger partial charge on any atom is 0.220 e. The van der Waals surface area contributed by atoms with Crippen LogP contribution in [0.4, 0.5) is 0 Å². The van der Waals surface area contributed by atoms with Gasteiger partial charge in [-0.1, -0.05) is 18.6 Å². The molecule has 0 radical (unpaired) electrons. The SMILES string of the molecule is CCOc1ccc(C(C)NC(=O)CCCNC(N)=NCC2CCC2)cc1. The number of nitrogens with zero attached hydrogens (tertiary/aromatic N) is 1. The van der Waals surface area contributed by atoms with Crippen molar-refractivity contribution in [3.8, 4) is 5.75 Å². The van der Waals surface area contributed by atoms with Crippen LogP contribution >= 0.6 is 0 Å². The summed E-state index contributed by atoms with van der Waals surface area (Å²) in [5.74, 6) is 2.08. The van der Waals surface area contributed by atoms with Gasteiger partial charge in [0.15, 0.2) is 5.96 Å². The zero-order valence-electron chi connectivity index (χ0n) is 16.0. The van der Waals surface area contributed by atoms with E-state index in [1.165, 1.54) is 19.3 Å². The van der Waals surface area contributed by atoms with E-state index < -0.39 is 0 Å². The molecule has 1 atom stereocenters. The lowest BCUT2D eigenvalue weighted by molar-refractivity contribution is -0.121. The lowest BCUT2D eigenvalue weighted by atomic mass is 9.86. The number of nitrogens with two attached hydrogens (primary N) is 1. The average molecular weight is 361 g/mol. The van der Waals surface area contributed by atoms with Crippen molar-refractivity contribution in [2.45, 2.75) is 52.0 Å². The molecular formula is C20H32N4O2. The van der Waals surface area contributed by atoms with Crippen LogP contribution in [0.15, 0.2) is 29.3 Å². The van der Waals surface area contributed by atoms with Crippen LogP contribution in [0.3, 0.4) is 0 Å². The summed E-state index contributed by atoms with van der Waals surface area (Å²) in [6.07, 6.45) is 5.04. The van der Waals surface area contributed by atoms with Gasteiger partial charge in [0, 0.05) is 19.5 Å². The monoisotopic (exact) mass is 360 g/mol. The normalized spacial score (nSPS) is 15.8. The molecule has 6 nitrogen and oxygen atoms in total. The van der Waals surface area contributed by atoms with Crippen LogP contribution < -0.4 is 21.1 Å². The van der Waals surface area contributed by atoms with Crippen LogP contribution in [0.5, 0.6) is 5.75 Å². The lowest BCUT2D eigenvalue weighted by Crippen LogP contribution is -2.34. The molecule has 0 spiro atoms. The Kier molecular flexibility index (Phi) is 8.25. The molecule has 0 heterocycles. The van der Waals surface area contributed by atoms with E-state index in [1.54, 1.807) is 0 Å². The van der Waals surface area contributed by atoms with E-state index in [0.29, 0.717) is 31.4 Å². The molecule has 144 valence electrons. The molecule has 0 saturated heterocycles. The Morgan fingerprint density at radius 1 is 1.35 bits per heavy atom. The largest absolute Gasteiger partial charge is 0.494 e. The molecule has 1 amide bonds. The van der Waals surface area contributed by atoms with E-state index in [-0.39, 0.29) is 11.9 Å². The first-order chi connectivity index (χ1) is 12.6. The highest BCUT2D eigenvalue weighted by molar-refractivity contribution is 5.78. The fourth-order valence-electron chi connectivity index (χ4n) is 2.84. The minimum atomic E-state index is -0.0276. The summed E-state index contributed by atoms with van der Waals surface area (Å²) in [7, 11) is 0. The van der Waals surface area contributed by atoms with Crippen LogP contribution in [0.25, 0.3) is 0 Å². The van der Waals surface area contributed by atoms with Crippen LogP contribution in [0.1, 0.15) is 57.6 Å². The number of nitrogens with one attached hydrogen (secondary N) is 2. The molecule has 1 aromatic carbocycles. The number of rotatable bonds is 10. The Labute approximate surface area is 156 Å². The number of carbonyl (C=O) groups is 1. The van der Waals surface area contributed by atoms with E-state index in [9.17, 15) is 4.79 Å². The van der Waals surface area contributed by atoms with Gasteiger partial charge >= 0.3 is 0 Å². The number of hydrogen-bond donors (Lipinski definition) is 3. The second-order valence-corrected chi connectivity index (χ2v) is 6.84. The zero-order valence-corrected chi connectivity index (χ0v) is 16.0. The Balaban J connectivity index is 1.61. The highest BCUT2D eigenvalue weighted by Crippen LogP contribution is 2.26. The Bertz CT molecular complexity index is 582. The molecule has 0 aromatic heterocycles. The van der Waals surface area contributed by atoms with Crippen LogP contribution in [-0.4, -0.2) is 31.6 Å². The van der Waals surface area contributed by atoms with Gasteiger partial charge in [-0.25, -0.2) is 0 Å². The quantitative estimate of drug-likeness (QED) is 0.340. The van der Waals surface area contributed by atoms with E-state index >= 15 is 0 Å². The molecule has 2 rings (SSSR count). The number of ether oxygens (including phenoxy) is 1. The second-order valence-electron chi connectivity index (χ2n) is 6.84. The number of amides is 1. The maximum atomic E-state index is 12.1. The third-order valence-electron chi connectivity index (χ3n) is 4.70. The summed E-state index contributed by atoms with van der Waals surface area (Å²) in [6, 6.07) is 7.79. The molecule has 4 N–H and O–H groups in total. The van der Waals surface area contributed by atoms with Gasteiger partial charge in [-0.05, 0) is 56.7 Å². The van der Waals surface area contributed by atoms with Crippen molar-refractivity contribution < 1.29 is 9.53 Å². The fourth-order valence-corrected chi connectivity index (χ4v) is 2.84. The maximum absolute atomic E-state index is 12.1. The van der Waals surface area contributed by atoms with Gasteiger partial charge in [0.1, 0.15) is 5.75 Å². The van der Waals surface area contributed by atoms with Gasteiger partial charge in [0.25, 0.3) is 0 Å². The highest BCUT2D eigenvalue weighted by atomic mass is 16.5. The van der Waals surface area contributed by atoms with Crippen molar-refractivity contribution in [1.82, 2.24) is 10.6 Å². The fraction of sp³-hybridized carbons (Fsp3) is 0.600. The first-order valence-electron chi connectivity index (χ1n) is 9.64. The minimum absolute atomic E-state index is 0.0276. The van der Waals surface area contributed by atoms with Gasteiger partial charge in [-0.2, -0.15) is 0 Å². The summed E-state index contributed by atoms with van der Waals surface area (Å²) < 4.78 is 5.43. The predicted molar refractivity (Wildman–Crippen MR) is 105 cm³/mol. The molecule has 1 saturated carbocycles. The van der Waals surface area contributed by atoms with Crippen LogP contribution in [0, 0.1) is 5.92 Å². The molecular weight excluding hydrogens is 328 g/mol. The van der Waals surface area contributed by atoms with Crippen LogP contribution in [0.2, 0.25) is 0 Å². The number of carbonyl (C=O) groups excluding carboxylic acids is 1. The molecule has 26 heavy (non-hydrogen) atoms. The Morgan fingerprint density at radius 3 is 2.69 bits per heavy atom. The Morgan fingerprint density at radius 2 is 2.08 bits per heavy atom. The van der Waals surface area contributed by atoms with Gasteiger partial charge < -0.3 is 21.1 Å². The third-order valence-corrected chi connectivity index (χ3v) is 4.70. The first-order valence-corrected chi connectivity index (χ1v) is 9.64. The average Bonchev–Trinajstić information content (AvgIpc) is 2.58. The molecule has 6 heteroatoms. The summed E-state index contributed by atoms with van der Waals surface area (Å²) in [5, 5.41) is 6.10. The van der Waals surface area contributed by atoms with E-state index in [2.05, 4.69) is 15.6 Å². The Hall–Kier alpha value is -2.24. The molecule has 1 aliphatic carbocycles. The topological polar surface area (TPSA) is 88.7 Å². The van der Waals surface area contributed by atoms with Gasteiger partial charge in [-0.15, -0.1) is 0 Å². The standard InChI is InChI=1S/C20H32N4O2/c1-3-26-18-11-9-17(10-12-18)15(2)24-19(25)8-5-13-22-20(21)23-14-16-6-4-7-16/h9-12,15-16H,3-8,13-14H2,1-2H3,(H,24,25)(H3,21,22,23). The van der Waals surface area contributed by atoms with Crippen molar-refractivity contribution >= 4 is 11.9 Å². The van der Waals surface area contributed by atoms with Crippen molar-refractivity contribution in [2.75, 3.05) is 19.7 Å². The summed E-state index contributed by atoms with van der Waals surface area (Å²) in [6.45, 7) is 6.07. The molecule has 1 unspecified atom stereocenters. The van der Waals surface area contributed by atoms with Gasteiger partial charge in [0.05, 0.1) is 12.6 Å². The molecule has 0 aliphatic heterocycles. The zero-order chi connectivity index (χ0) is 18.8. The highest BCUT2D eigenvalue weighted by Gasteiger charge is 2.16. The van der Waals surface area contributed by atoms with Crippen molar-refractivity contribution in [2.24, 2.45) is 16.6 Å². The lowest BCUT2D eigenvalue weighted by Gasteiger charge is -2.23. The van der Waals surface area contributed by atoms with Crippen molar-refractivity contribution in [1.29, 1.82) is 0 Å². The number of hydrogen-bond acceptors (Lipinski definition) is 3. The smallest absolute Gasteiger partial charge is 0.220 e. The number of guanidine groups is 1. The summed E-state index contributed by atoms with van der Waals surface area (Å²) in [4.78, 5) is 16.4. The van der Waals surface area contributed by atoms with Crippen molar-refractivity contribution in [3.63, 3.8) is 0 Å². The van der Waals surface area contributed by atoms with E-state index in [1.807, 2.05) is 38.1 Å². The number of benzene rings is 1. The van der Waals surface area contributed by atoms with Crippen molar-refractivity contribution in [3.05, 3.63) is 29.8 Å². The molecule has 1 aromatic rings. The van der Waals surface area contributed by atoms with E-state index in [4.69, 9.17) is 10.5 Å². The molecule has 1 aliphatic rings. The van der Waals surface area contributed by atoms with E-state index in [0.717, 1.165) is 24.3 Å².